The number of nitrogens with one attached hydrogen (secondary N) is 1. The van der Waals surface area contributed by atoms with E-state index >= 15 is 0 Å². The van der Waals surface area contributed by atoms with Crippen molar-refractivity contribution < 1.29 is 23.9 Å². The van der Waals surface area contributed by atoms with Crippen molar-refractivity contribution in [2.45, 2.75) is 19.7 Å². The second-order valence-corrected chi connectivity index (χ2v) is 9.03. The lowest BCUT2D eigenvalue weighted by atomic mass is 10.0. The van der Waals surface area contributed by atoms with Crippen LogP contribution in [0.1, 0.15) is 33.2 Å². The molecule has 0 radical (unpaired) electrons. The first-order chi connectivity index (χ1) is 18.9. The Kier molecular flexibility index (Phi) is 7.05. The normalized spacial score (nSPS) is 14.3. The summed E-state index contributed by atoms with van der Waals surface area (Å²) in [7, 11) is 3.18. The van der Waals surface area contributed by atoms with E-state index in [1.807, 2.05) is 60.7 Å². The molecule has 1 atom stereocenters. The number of methoxy groups -OCH3 is 2. The largest absolute Gasteiger partial charge is 0.497 e. The van der Waals surface area contributed by atoms with E-state index < -0.39 is 11.1 Å². The number of hydrogen-bond donors (Lipinski definition) is 1. The second kappa shape index (κ2) is 10.7. The van der Waals surface area contributed by atoms with Gasteiger partial charge in [0, 0.05) is 28.6 Å². The van der Waals surface area contributed by atoms with E-state index in [4.69, 9.17) is 14.2 Å². The van der Waals surface area contributed by atoms with E-state index in [1.54, 1.807) is 44.2 Å². The molecule has 1 aliphatic rings. The molecule has 0 aliphatic carbocycles. The fourth-order valence-electron chi connectivity index (χ4n) is 4.66. The molecule has 198 valence electrons. The number of nitrogens with zero attached hydrogens (tertiary/aromatic N) is 2. The van der Waals surface area contributed by atoms with Gasteiger partial charge >= 0.3 is 0 Å². The topological polar surface area (TPSA) is 103 Å². The molecule has 1 amide bonds. The summed E-state index contributed by atoms with van der Waals surface area (Å²) in [5.74, 6) is 1.69. The number of nitro groups is 1. The Morgan fingerprint density at radius 2 is 1.67 bits per heavy atom. The number of rotatable bonds is 8. The van der Waals surface area contributed by atoms with Crippen LogP contribution in [0.4, 0.5) is 17.1 Å². The van der Waals surface area contributed by atoms with Crippen LogP contribution >= 0.6 is 0 Å². The van der Waals surface area contributed by atoms with Crippen LogP contribution in [0.5, 0.6) is 17.2 Å². The lowest BCUT2D eigenvalue weighted by Crippen LogP contribution is -2.43. The molecule has 4 aromatic rings. The molecule has 1 heterocycles. The van der Waals surface area contributed by atoms with E-state index in [1.165, 1.54) is 6.07 Å². The van der Waals surface area contributed by atoms with Crippen LogP contribution in [0.15, 0.2) is 84.9 Å². The second-order valence-electron chi connectivity index (χ2n) is 9.03. The number of ether oxygens (including phenoxy) is 3. The van der Waals surface area contributed by atoms with Gasteiger partial charge in [-0.1, -0.05) is 18.2 Å². The van der Waals surface area contributed by atoms with Gasteiger partial charge in [-0.3, -0.25) is 19.8 Å². The minimum absolute atomic E-state index is 0.0360. The lowest BCUT2D eigenvalue weighted by Gasteiger charge is -2.38. The maximum atomic E-state index is 13.7. The third-order valence-electron chi connectivity index (χ3n) is 6.66. The lowest BCUT2D eigenvalue weighted by molar-refractivity contribution is -0.385. The number of aryl methyl sites for hydroxylation is 1. The molecular formula is C30H27N3O6. The van der Waals surface area contributed by atoms with Crippen molar-refractivity contribution in [3.05, 3.63) is 117 Å². The van der Waals surface area contributed by atoms with E-state index in [0.717, 1.165) is 16.8 Å². The Morgan fingerprint density at radius 3 is 2.36 bits per heavy atom. The number of carbonyl (C=O) groups excluding carboxylic acids is 1. The van der Waals surface area contributed by atoms with Crippen LogP contribution in [0, 0.1) is 17.0 Å². The van der Waals surface area contributed by atoms with Crippen molar-refractivity contribution >= 4 is 23.0 Å². The number of fused-ring (bicyclic) bond motifs is 1. The Balaban J connectivity index is 1.50. The van der Waals surface area contributed by atoms with Gasteiger partial charge in [-0.2, -0.15) is 0 Å². The minimum atomic E-state index is -0.507. The quantitative estimate of drug-likeness (QED) is 0.214. The fourth-order valence-corrected chi connectivity index (χ4v) is 4.66. The molecule has 0 bridgehead atoms. The highest BCUT2D eigenvalue weighted by molar-refractivity contribution is 6.12. The number of amides is 1. The average Bonchev–Trinajstić information content (AvgIpc) is 2.96. The van der Waals surface area contributed by atoms with E-state index in [-0.39, 0.29) is 18.2 Å². The third-order valence-corrected chi connectivity index (χ3v) is 6.66. The first-order valence-corrected chi connectivity index (χ1v) is 12.3. The van der Waals surface area contributed by atoms with Crippen molar-refractivity contribution in [1.82, 2.24) is 0 Å². The Morgan fingerprint density at radius 1 is 0.923 bits per heavy atom. The zero-order valence-electron chi connectivity index (χ0n) is 21.7. The molecule has 0 saturated heterocycles. The van der Waals surface area contributed by atoms with Crippen LogP contribution in [0.25, 0.3) is 0 Å². The molecule has 1 unspecified atom stereocenters. The monoisotopic (exact) mass is 525 g/mol. The van der Waals surface area contributed by atoms with Gasteiger partial charge in [0.15, 0.2) is 0 Å². The highest BCUT2D eigenvalue weighted by atomic mass is 16.6. The van der Waals surface area contributed by atoms with Crippen molar-refractivity contribution in [3.8, 4) is 17.2 Å². The smallest absolute Gasteiger partial charge is 0.272 e. The summed E-state index contributed by atoms with van der Waals surface area (Å²) in [6.07, 6.45) is -0.507. The summed E-state index contributed by atoms with van der Waals surface area (Å²) < 4.78 is 16.9. The summed E-state index contributed by atoms with van der Waals surface area (Å²) in [6.45, 7) is 1.83. The zero-order chi connectivity index (χ0) is 27.5. The van der Waals surface area contributed by atoms with E-state index in [9.17, 15) is 14.9 Å². The Bertz CT molecular complexity index is 1540. The highest BCUT2D eigenvalue weighted by Gasteiger charge is 2.34. The van der Waals surface area contributed by atoms with E-state index in [2.05, 4.69) is 5.32 Å². The molecule has 9 nitrogen and oxygen atoms in total. The van der Waals surface area contributed by atoms with Gasteiger partial charge in [0.2, 0.25) is 0 Å². The predicted molar refractivity (Wildman–Crippen MR) is 148 cm³/mol. The van der Waals surface area contributed by atoms with Crippen LogP contribution in [-0.2, 0) is 6.61 Å². The summed E-state index contributed by atoms with van der Waals surface area (Å²) in [5.41, 5.74) is 4.16. The van der Waals surface area contributed by atoms with Gasteiger partial charge in [-0.05, 0) is 73.2 Å². The third kappa shape index (κ3) is 5.06. The maximum absolute atomic E-state index is 13.7. The minimum Gasteiger partial charge on any atom is -0.497 e. The molecule has 1 N–H and O–H groups in total. The molecule has 0 aromatic heterocycles. The standard InChI is InChI=1S/C30H27N3O6/c1-19-16-24(13-14-27(19)33(35)36)39-18-21-17-20(8-15-28(21)38-3)29-31-26-7-5-4-6-25(26)30(34)32(29)22-9-11-23(37-2)12-10-22/h4-17,29,31H,18H2,1-3H3. The van der Waals surface area contributed by atoms with Crippen molar-refractivity contribution in [2.24, 2.45) is 0 Å². The van der Waals surface area contributed by atoms with Gasteiger partial charge in [0.1, 0.15) is 30.0 Å². The summed E-state index contributed by atoms with van der Waals surface area (Å²) in [5, 5.41) is 14.7. The molecule has 4 aromatic carbocycles. The molecule has 0 spiro atoms. The maximum Gasteiger partial charge on any atom is 0.272 e. The molecule has 0 saturated carbocycles. The van der Waals surface area contributed by atoms with Gasteiger partial charge in [0.05, 0.1) is 24.7 Å². The number of hydrogen-bond acceptors (Lipinski definition) is 7. The number of carbonyl (C=O) groups is 1. The van der Waals surface area contributed by atoms with Gasteiger partial charge in [0.25, 0.3) is 11.6 Å². The first kappa shape index (κ1) is 25.6. The van der Waals surface area contributed by atoms with E-state index in [0.29, 0.717) is 34.1 Å². The van der Waals surface area contributed by atoms with Gasteiger partial charge in [-0.15, -0.1) is 0 Å². The molecule has 0 fully saturated rings. The van der Waals surface area contributed by atoms with Crippen molar-refractivity contribution in [3.63, 3.8) is 0 Å². The molecule has 1 aliphatic heterocycles. The van der Waals surface area contributed by atoms with Gasteiger partial charge in [-0.25, -0.2) is 0 Å². The molecular weight excluding hydrogens is 498 g/mol. The zero-order valence-corrected chi connectivity index (χ0v) is 21.7. The van der Waals surface area contributed by atoms with Crippen LogP contribution in [-0.4, -0.2) is 25.1 Å². The number of anilines is 2. The van der Waals surface area contributed by atoms with Crippen molar-refractivity contribution in [2.75, 3.05) is 24.4 Å². The Labute approximate surface area is 225 Å². The summed E-state index contributed by atoms with van der Waals surface area (Å²) >= 11 is 0. The predicted octanol–water partition coefficient (Wildman–Crippen LogP) is 6.27. The highest BCUT2D eigenvalue weighted by Crippen LogP contribution is 2.38. The molecule has 39 heavy (non-hydrogen) atoms. The fraction of sp³-hybridized carbons (Fsp3) is 0.167. The van der Waals surface area contributed by atoms with Crippen LogP contribution in [0.2, 0.25) is 0 Å². The number of benzene rings is 4. The Hall–Kier alpha value is -5.05. The number of para-hydroxylation sites is 1. The summed E-state index contributed by atoms with van der Waals surface area (Å²) in [4.78, 5) is 26.2. The molecule has 5 rings (SSSR count). The van der Waals surface area contributed by atoms with Crippen molar-refractivity contribution in [1.29, 1.82) is 0 Å². The number of nitro benzene ring substituents is 1. The average molecular weight is 526 g/mol. The van der Waals surface area contributed by atoms with Gasteiger partial charge < -0.3 is 19.5 Å². The SMILES string of the molecule is COc1ccc(N2C(=O)c3ccccc3NC2c2ccc(OC)c(COc3ccc([N+](=O)[O-])c(C)c3)c2)cc1. The summed E-state index contributed by atoms with van der Waals surface area (Å²) in [6, 6.07) is 25.1. The van der Waals surface area contributed by atoms with Crippen LogP contribution in [0.3, 0.4) is 0 Å². The molecule has 9 heteroatoms. The first-order valence-electron chi connectivity index (χ1n) is 12.3. The van der Waals surface area contributed by atoms with Crippen LogP contribution < -0.4 is 24.4 Å².